The van der Waals surface area contributed by atoms with Crippen LogP contribution in [0.4, 0.5) is 8.78 Å². The molecule has 0 bridgehead atoms. The number of hydrogen-bond donors (Lipinski definition) is 1. The Morgan fingerprint density at radius 3 is 2.24 bits per heavy atom. The standard InChI is InChI=1S/C18H19Br2F2NOS/c1-18(2,3)25(24)23-17(15-9-12(19)4-5-16(15)20)8-11-6-13(21)10-14(22)7-11/h4-7,9-10,17,23H,8H2,1-3H3/t17-,25?/m0/s1. The number of nitrogens with one attached hydrogen (secondary N) is 1. The first-order valence-electron chi connectivity index (χ1n) is 7.64. The van der Waals surface area contributed by atoms with Crippen LogP contribution < -0.4 is 4.72 Å². The number of hydrogen-bond acceptors (Lipinski definition) is 2. The predicted octanol–water partition coefficient (Wildman–Crippen LogP) is 5.83. The molecule has 7 heteroatoms. The van der Waals surface area contributed by atoms with Gasteiger partial charge in [-0.05, 0) is 68.7 Å². The molecule has 0 fully saturated rings. The average Bonchev–Trinajstić information content (AvgIpc) is 2.47. The topological polar surface area (TPSA) is 35.1 Å². The Morgan fingerprint density at radius 2 is 1.68 bits per heavy atom. The van der Waals surface area contributed by atoms with Crippen molar-refractivity contribution in [2.75, 3.05) is 0 Å². The van der Waals surface area contributed by atoms with Crippen molar-refractivity contribution >= 4 is 43.2 Å². The number of rotatable bonds is 5. The van der Waals surface area contributed by atoms with Gasteiger partial charge in [0.2, 0.25) is 0 Å². The molecule has 25 heavy (non-hydrogen) atoms. The summed E-state index contributed by atoms with van der Waals surface area (Å²) in [5.41, 5.74) is 1.35. The number of halogens is 4. The molecule has 0 aromatic heterocycles. The first-order valence-corrected chi connectivity index (χ1v) is 10.4. The molecule has 136 valence electrons. The summed E-state index contributed by atoms with van der Waals surface area (Å²) >= 11 is 5.60. The van der Waals surface area contributed by atoms with Gasteiger partial charge in [0.1, 0.15) is 16.4 Å². The van der Waals surface area contributed by atoms with Gasteiger partial charge < -0.3 is 4.55 Å². The minimum atomic E-state index is -1.34. The Bertz CT molecular complexity index is 732. The lowest BCUT2D eigenvalue weighted by Gasteiger charge is -2.29. The zero-order valence-corrected chi connectivity index (χ0v) is 18.1. The van der Waals surface area contributed by atoms with Crippen molar-refractivity contribution < 1.29 is 13.3 Å². The van der Waals surface area contributed by atoms with Crippen LogP contribution in [0.5, 0.6) is 0 Å². The van der Waals surface area contributed by atoms with Crippen molar-refractivity contribution in [3.63, 3.8) is 0 Å². The minimum Gasteiger partial charge on any atom is -0.598 e. The first-order chi connectivity index (χ1) is 11.6. The Labute approximate surface area is 167 Å². The number of benzene rings is 2. The highest BCUT2D eigenvalue weighted by molar-refractivity contribution is 9.11. The second-order valence-corrected chi connectivity index (χ2v) is 10.5. The monoisotopic (exact) mass is 493 g/mol. The van der Waals surface area contributed by atoms with Gasteiger partial charge in [0, 0.05) is 26.4 Å². The van der Waals surface area contributed by atoms with Crippen molar-refractivity contribution in [2.24, 2.45) is 0 Å². The molecule has 0 heterocycles. The van der Waals surface area contributed by atoms with Gasteiger partial charge in [-0.15, -0.1) is 4.72 Å². The van der Waals surface area contributed by atoms with Gasteiger partial charge in [-0.2, -0.15) is 0 Å². The van der Waals surface area contributed by atoms with E-state index in [0.717, 1.165) is 20.6 Å². The molecule has 1 unspecified atom stereocenters. The first kappa shape index (κ1) is 20.8. The van der Waals surface area contributed by atoms with Gasteiger partial charge in [0.25, 0.3) is 0 Å². The lowest BCUT2D eigenvalue weighted by atomic mass is 9.99. The van der Waals surface area contributed by atoms with E-state index in [9.17, 15) is 13.3 Å². The summed E-state index contributed by atoms with van der Waals surface area (Å²) in [5.74, 6) is -1.25. The van der Waals surface area contributed by atoms with E-state index in [1.54, 1.807) is 0 Å². The second-order valence-electron chi connectivity index (χ2n) is 6.70. The van der Waals surface area contributed by atoms with Crippen LogP contribution >= 0.6 is 31.9 Å². The summed E-state index contributed by atoms with van der Waals surface area (Å²) in [6.45, 7) is 5.60. The molecule has 2 aromatic carbocycles. The van der Waals surface area contributed by atoms with Gasteiger partial charge in [0.05, 0.1) is 6.04 Å². The van der Waals surface area contributed by atoms with E-state index in [-0.39, 0.29) is 6.04 Å². The molecule has 2 atom stereocenters. The van der Waals surface area contributed by atoms with Crippen LogP contribution in [-0.2, 0) is 17.8 Å². The van der Waals surface area contributed by atoms with Crippen molar-refractivity contribution in [3.05, 3.63) is 68.1 Å². The van der Waals surface area contributed by atoms with Crippen LogP contribution in [0.25, 0.3) is 0 Å². The normalized spacial score (nSPS) is 14.4. The van der Waals surface area contributed by atoms with E-state index < -0.39 is 27.7 Å². The molecule has 1 N–H and O–H groups in total. The van der Waals surface area contributed by atoms with Crippen LogP contribution in [-0.4, -0.2) is 9.30 Å². The maximum absolute atomic E-state index is 13.5. The second kappa shape index (κ2) is 8.48. The van der Waals surface area contributed by atoms with Crippen LogP contribution in [0.3, 0.4) is 0 Å². The van der Waals surface area contributed by atoms with Gasteiger partial charge in [-0.1, -0.05) is 31.9 Å². The summed E-state index contributed by atoms with van der Waals surface area (Å²) < 4.78 is 44.0. The molecular weight excluding hydrogens is 476 g/mol. The molecule has 0 radical (unpaired) electrons. The highest BCUT2D eigenvalue weighted by Gasteiger charge is 2.30. The molecule has 2 nitrogen and oxygen atoms in total. The molecular formula is C18H19Br2F2NOS. The third-order valence-electron chi connectivity index (χ3n) is 3.50. The molecule has 0 amide bonds. The summed E-state index contributed by atoms with van der Waals surface area (Å²) in [6, 6.07) is 8.71. The van der Waals surface area contributed by atoms with E-state index >= 15 is 0 Å². The van der Waals surface area contributed by atoms with Crippen LogP contribution in [0.2, 0.25) is 0 Å². The molecule has 0 aliphatic rings. The summed E-state index contributed by atoms with van der Waals surface area (Å²) in [7, 11) is 0. The molecule has 0 saturated carbocycles. The zero-order chi connectivity index (χ0) is 18.8. The smallest absolute Gasteiger partial charge is 0.136 e. The Balaban J connectivity index is 2.39. The van der Waals surface area contributed by atoms with Crippen molar-refractivity contribution in [1.82, 2.24) is 4.72 Å². The van der Waals surface area contributed by atoms with Gasteiger partial charge >= 0.3 is 0 Å². The third-order valence-corrected chi connectivity index (χ3v) is 6.33. The van der Waals surface area contributed by atoms with E-state index in [2.05, 4.69) is 36.6 Å². The zero-order valence-electron chi connectivity index (χ0n) is 14.1. The van der Waals surface area contributed by atoms with Crippen molar-refractivity contribution in [1.29, 1.82) is 0 Å². The highest BCUT2D eigenvalue weighted by Crippen LogP contribution is 2.31. The minimum absolute atomic E-state index is 0.297. The largest absolute Gasteiger partial charge is 0.598 e. The van der Waals surface area contributed by atoms with Gasteiger partial charge in [-0.3, -0.25) is 0 Å². The van der Waals surface area contributed by atoms with E-state index in [1.807, 2.05) is 39.0 Å². The van der Waals surface area contributed by atoms with E-state index in [1.165, 1.54) is 12.1 Å². The van der Waals surface area contributed by atoms with Crippen LogP contribution in [0, 0.1) is 11.6 Å². The lowest BCUT2D eigenvalue weighted by molar-refractivity contribution is 0.520. The molecule has 0 spiro atoms. The van der Waals surface area contributed by atoms with Crippen molar-refractivity contribution in [2.45, 2.75) is 38.0 Å². The quantitative estimate of drug-likeness (QED) is 0.531. The Kier molecular flexibility index (Phi) is 7.07. The van der Waals surface area contributed by atoms with Gasteiger partial charge in [-0.25, -0.2) is 8.78 Å². The fourth-order valence-corrected chi connectivity index (χ4v) is 3.99. The van der Waals surface area contributed by atoms with Crippen LogP contribution in [0.1, 0.15) is 37.9 Å². The van der Waals surface area contributed by atoms with Gasteiger partial charge in [0.15, 0.2) is 0 Å². The fourth-order valence-electron chi connectivity index (χ4n) is 2.27. The predicted molar refractivity (Wildman–Crippen MR) is 106 cm³/mol. The van der Waals surface area contributed by atoms with Crippen molar-refractivity contribution in [3.8, 4) is 0 Å². The average molecular weight is 495 g/mol. The maximum atomic E-state index is 13.5. The SMILES string of the molecule is CC(C)(C)[S+]([O-])N[C@@H](Cc1cc(F)cc(F)c1)c1cc(Br)ccc1Br. The molecule has 2 rings (SSSR count). The van der Waals surface area contributed by atoms with E-state index in [4.69, 9.17) is 0 Å². The molecule has 0 aliphatic carbocycles. The Morgan fingerprint density at radius 1 is 1.08 bits per heavy atom. The molecule has 0 aliphatic heterocycles. The summed E-state index contributed by atoms with van der Waals surface area (Å²) in [4.78, 5) is 0. The molecule has 0 saturated heterocycles. The lowest BCUT2D eigenvalue weighted by Crippen LogP contribution is -2.42. The third kappa shape index (κ3) is 6.03. The maximum Gasteiger partial charge on any atom is 0.136 e. The van der Waals surface area contributed by atoms with E-state index in [0.29, 0.717) is 12.0 Å². The molecule has 2 aromatic rings. The highest BCUT2D eigenvalue weighted by atomic mass is 79.9. The summed E-state index contributed by atoms with van der Waals surface area (Å²) in [6.07, 6.45) is 0.297. The summed E-state index contributed by atoms with van der Waals surface area (Å²) in [5, 5.41) is 0. The Hall–Kier alpha value is -0.470. The fraction of sp³-hybridized carbons (Fsp3) is 0.333. The van der Waals surface area contributed by atoms with Crippen LogP contribution in [0.15, 0.2) is 45.3 Å².